The summed E-state index contributed by atoms with van der Waals surface area (Å²) < 4.78 is 32.3. The van der Waals surface area contributed by atoms with Crippen LogP contribution >= 0.6 is 0 Å². The van der Waals surface area contributed by atoms with Crippen molar-refractivity contribution in [2.75, 3.05) is 19.0 Å². The SMILES string of the molecule is O=S(=O)(CC1CCCOC1)NCc1ccc2ccccc2n1. The first-order chi connectivity index (χ1) is 10.6. The Labute approximate surface area is 130 Å². The summed E-state index contributed by atoms with van der Waals surface area (Å²) in [6.45, 7) is 1.50. The van der Waals surface area contributed by atoms with E-state index in [1.54, 1.807) is 0 Å². The molecule has 118 valence electrons. The molecular weight excluding hydrogens is 300 g/mol. The van der Waals surface area contributed by atoms with Crippen LogP contribution in [0.3, 0.4) is 0 Å². The Bertz CT molecular complexity index is 740. The molecule has 0 amide bonds. The fourth-order valence-electron chi connectivity index (χ4n) is 2.70. The lowest BCUT2D eigenvalue weighted by molar-refractivity contribution is 0.0625. The lowest BCUT2D eigenvalue weighted by Crippen LogP contribution is -2.33. The number of fused-ring (bicyclic) bond motifs is 1. The molecule has 2 heterocycles. The number of nitrogens with zero attached hydrogens (tertiary/aromatic N) is 1. The molecule has 1 aliphatic rings. The van der Waals surface area contributed by atoms with Crippen LogP contribution in [0.5, 0.6) is 0 Å². The molecule has 0 spiro atoms. The van der Waals surface area contributed by atoms with Gasteiger partial charge >= 0.3 is 0 Å². The first-order valence-corrected chi connectivity index (χ1v) is 9.17. The van der Waals surface area contributed by atoms with E-state index in [1.165, 1.54) is 0 Å². The molecule has 1 N–H and O–H groups in total. The standard InChI is InChI=1S/C16H20N2O3S/c19-22(20,12-13-4-3-9-21-11-13)17-10-15-8-7-14-5-1-2-6-16(14)18-15/h1-2,5-8,13,17H,3-4,9-12H2. The maximum absolute atomic E-state index is 12.1. The third-order valence-electron chi connectivity index (χ3n) is 3.84. The van der Waals surface area contributed by atoms with Crippen molar-refractivity contribution in [3.63, 3.8) is 0 Å². The van der Waals surface area contributed by atoms with Crippen LogP contribution in [0.4, 0.5) is 0 Å². The van der Waals surface area contributed by atoms with Crippen LogP contribution in [0.2, 0.25) is 0 Å². The fraction of sp³-hybridized carbons (Fsp3) is 0.438. The second-order valence-electron chi connectivity index (χ2n) is 5.68. The Balaban J connectivity index is 1.62. The van der Waals surface area contributed by atoms with Gasteiger partial charge in [-0.3, -0.25) is 4.98 Å². The first-order valence-electron chi connectivity index (χ1n) is 7.52. The molecule has 1 atom stereocenters. The smallest absolute Gasteiger partial charge is 0.212 e. The van der Waals surface area contributed by atoms with E-state index in [1.807, 2.05) is 36.4 Å². The Hall–Kier alpha value is -1.50. The maximum Gasteiger partial charge on any atom is 0.212 e. The topological polar surface area (TPSA) is 68.3 Å². The summed E-state index contributed by atoms with van der Waals surface area (Å²) in [6, 6.07) is 11.6. The molecule has 0 aliphatic carbocycles. The highest BCUT2D eigenvalue weighted by atomic mass is 32.2. The molecule has 2 aromatic rings. The van der Waals surface area contributed by atoms with E-state index in [-0.39, 0.29) is 18.2 Å². The second-order valence-corrected chi connectivity index (χ2v) is 7.53. The molecule has 5 nitrogen and oxygen atoms in total. The highest BCUT2D eigenvalue weighted by molar-refractivity contribution is 7.89. The van der Waals surface area contributed by atoms with E-state index in [4.69, 9.17) is 4.74 Å². The third kappa shape index (κ3) is 4.03. The van der Waals surface area contributed by atoms with Gasteiger partial charge < -0.3 is 4.74 Å². The first kappa shape index (κ1) is 15.4. The number of nitrogens with one attached hydrogen (secondary N) is 1. The maximum atomic E-state index is 12.1. The van der Waals surface area contributed by atoms with E-state index in [0.717, 1.165) is 36.0 Å². The van der Waals surface area contributed by atoms with Gasteiger partial charge in [-0.1, -0.05) is 24.3 Å². The van der Waals surface area contributed by atoms with Crippen LogP contribution in [-0.2, 0) is 21.3 Å². The zero-order valence-electron chi connectivity index (χ0n) is 12.4. The van der Waals surface area contributed by atoms with Gasteiger partial charge in [0.1, 0.15) is 0 Å². The Morgan fingerprint density at radius 3 is 2.91 bits per heavy atom. The van der Waals surface area contributed by atoms with Gasteiger partial charge in [0.2, 0.25) is 10.0 Å². The van der Waals surface area contributed by atoms with E-state index in [2.05, 4.69) is 9.71 Å². The van der Waals surface area contributed by atoms with Crippen molar-refractivity contribution in [2.24, 2.45) is 5.92 Å². The molecule has 1 aromatic carbocycles. The number of para-hydroxylation sites is 1. The van der Waals surface area contributed by atoms with Crippen LogP contribution in [0.1, 0.15) is 18.5 Å². The second kappa shape index (κ2) is 6.73. The van der Waals surface area contributed by atoms with Gasteiger partial charge in [-0.2, -0.15) is 0 Å². The van der Waals surface area contributed by atoms with Crippen LogP contribution < -0.4 is 4.72 Å². The van der Waals surface area contributed by atoms with Crippen molar-refractivity contribution in [2.45, 2.75) is 19.4 Å². The van der Waals surface area contributed by atoms with Gasteiger partial charge in [0.25, 0.3) is 0 Å². The zero-order valence-corrected chi connectivity index (χ0v) is 13.2. The Morgan fingerprint density at radius 2 is 2.09 bits per heavy atom. The summed E-state index contributed by atoms with van der Waals surface area (Å²) >= 11 is 0. The summed E-state index contributed by atoms with van der Waals surface area (Å²) in [7, 11) is -3.30. The van der Waals surface area contributed by atoms with E-state index in [0.29, 0.717) is 6.61 Å². The van der Waals surface area contributed by atoms with Crippen molar-refractivity contribution >= 4 is 20.9 Å². The van der Waals surface area contributed by atoms with E-state index >= 15 is 0 Å². The molecule has 3 rings (SSSR count). The van der Waals surface area contributed by atoms with Gasteiger partial charge in [0.15, 0.2) is 0 Å². The number of ether oxygens (including phenoxy) is 1. The minimum atomic E-state index is -3.30. The average molecular weight is 320 g/mol. The molecule has 1 aromatic heterocycles. The fourth-order valence-corrected chi connectivity index (χ4v) is 4.07. The molecule has 0 radical (unpaired) electrons. The van der Waals surface area contributed by atoms with Gasteiger partial charge in [0.05, 0.1) is 30.1 Å². The lowest BCUT2D eigenvalue weighted by Gasteiger charge is -2.21. The van der Waals surface area contributed by atoms with Crippen molar-refractivity contribution in [3.05, 3.63) is 42.1 Å². The number of hydrogen-bond donors (Lipinski definition) is 1. The summed E-state index contributed by atoms with van der Waals surface area (Å²) in [5.74, 6) is 0.219. The Kier molecular flexibility index (Phi) is 4.71. The molecule has 1 saturated heterocycles. The summed E-state index contributed by atoms with van der Waals surface area (Å²) in [4.78, 5) is 4.47. The van der Waals surface area contributed by atoms with Crippen molar-refractivity contribution in [1.82, 2.24) is 9.71 Å². The van der Waals surface area contributed by atoms with Gasteiger partial charge in [-0.05, 0) is 30.9 Å². The molecular formula is C16H20N2O3S. The molecule has 22 heavy (non-hydrogen) atoms. The summed E-state index contributed by atoms with van der Waals surface area (Å²) in [6.07, 6.45) is 1.85. The van der Waals surface area contributed by atoms with Gasteiger partial charge in [-0.15, -0.1) is 0 Å². The molecule has 1 unspecified atom stereocenters. The van der Waals surface area contributed by atoms with Crippen LogP contribution in [0.15, 0.2) is 36.4 Å². The van der Waals surface area contributed by atoms with Crippen molar-refractivity contribution < 1.29 is 13.2 Å². The molecule has 1 aliphatic heterocycles. The average Bonchev–Trinajstić information content (AvgIpc) is 2.53. The number of pyridine rings is 1. The van der Waals surface area contributed by atoms with Crippen LogP contribution in [-0.4, -0.2) is 32.4 Å². The van der Waals surface area contributed by atoms with Crippen LogP contribution in [0.25, 0.3) is 10.9 Å². The number of benzene rings is 1. The summed E-state index contributed by atoms with van der Waals surface area (Å²) in [5, 5.41) is 1.05. The number of rotatable bonds is 5. The van der Waals surface area contributed by atoms with Crippen molar-refractivity contribution in [1.29, 1.82) is 0 Å². The minimum absolute atomic E-state index is 0.0933. The Morgan fingerprint density at radius 1 is 1.23 bits per heavy atom. The summed E-state index contributed by atoms with van der Waals surface area (Å²) in [5.41, 5.74) is 1.60. The number of hydrogen-bond acceptors (Lipinski definition) is 4. The molecule has 6 heteroatoms. The molecule has 0 saturated carbocycles. The zero-order chi connectivity index (χ0) is 15.4. The minimum Gasteiger partial charge on any atom is -0.381 e. The van der Waals surface area contributed by atoms with Gasteiger partial charge in [-0.25, -0.2) is 13.1 Å². The molecule has 1 fully saturated rings. The monoisotopic (exact) mass is 320 g/mol. The normalized spacial score (nSPS) is 19.4. The highest BCUT2D eigenvalue weighted by Crippen LogP contribution is 2.16. The van der Waals surface area contributed by atoms with Crippen LogP contribution in [0, 0.1) is 5.92 Å². The number of sulfonamides is 1. The van der Waals surface area contributed by atoms with Crippen molar-refractivity contribution in [3.8, 4) is 0 Å². The third-order valence-corrected chi connectivity index (χ3v) is 5.33. The quantitative estimate of drug-likeness (QED) is 0.916. The van der Waals surface area contributed by atoms with E-state index in [9.17, 15) is 8.42 Å². The lowest BCUT2D eigenvalue weighted by atomic mass is 10.1. The number of aromatic nitrogens is 1. The predicted octanol–water partition coefficient (Wildman–Crippen LogP) is 2.08. The largest absolute Gasteiger partial charge is 0.381 e. The van der Waals surface area contributed by atoms with Gasteiger partial charge in [0, 0.05) is 12.0 Å². The molecule has 0 bridgehead atoms. The predicted molar refractivity (Wildman–Crippen MR) is 85.9 cm³/mol. The van der Waals surface area contributed by atoms with E-state index < -0.39 is 10.0 Å². The highest BCUT2D eigenvalue weighted by Gasteiger charge is 2.21.